The number of nitrogens with one attached hydrogen (secondary N) is 1. The Morgan fingerprint density at radius 3 is 2.79 bits per heavy atom. The van der Waals surface area contributed by atoms with Crippen LogP contribution in [0.25, 0.3) is 0 Å². The molecule has 0 fully saturated rings. The lowest BCUT2D eigenvalue weighted by Crippen LogP contribution is -2.35. The Morgan fingerprint density at radius 2 is 2.29 bits per heavy atom. The molecule has 0 unspecified atom stereocenters. The fraction of sp³-hybridized carbons (Fsp3) is 0.444. The van der Waals surface area contributed by atoms with Crippen molar-refractivity contribution in [2.75, 3.05) is 17.7 Å². The van der Waals surface area contributed by atoms with Crippen molar-refractivity contribution in [1.29, 1.82) is 0 Å². The van der Waals surface area contributed by atoms with E-state index in [1.165, 1.54) is 6.20 Å². The van der Waals surface area contributed by atoms with E-state index in [-0.39, 0.29) is 6.61 Å². The average molecular weight is 216 g/mol. The van der Waals surface area contributed by atoms with Gasteiger partial charge in [0.25, 0.3) is 0 Å². The second-order valence-corrected chi connectivity index (χ2v) is 4.19. The number of aromatic nitrogens is 1. The van der Waals surface area contributed by atoms with Crippen molar-refractivity contribution in [2.24, 2.45) is 0 Å². The molecule has 0 bridgehead atoms. The van der Waals surface area contributed by atoms with Gasteiger partial charge >= 0.3 is 0 Å². The minimum atomic E-state index is -0.449. The Morgan fingerprint density at radius 1 is 1.64 bits per heavy atom. The van der Waals surface area contributed by atoms with Crippen molar-refractivity contribution in [3.05, 3.63) is 17.3 Å². The molecule has 0 atom stereocenters. The number of aliphatic hydroxyl groups excluding tert-OH is 1. The molecule has 78 valence electrons. The van der Waals surface area contributed by atoms with Gasteiger partial charge in [0.05, 0.1) is 22.9 Å². The lowest BCUT2D eigenvalue weighted by atomic mass is 10.1. The smallest absolute Gasteiger partial charge is 0.149 e. The number of nitrogen functional groups attached to an aromatic ring is 1. The van der Waals surface area contributed by atoms with Crippen LogP contribution in [0, 0.1) is 0 Å². The van der Waals surface area contributed by atoms with Gasteiger partial charge in [-0.15, -0.1) is 0 Å². The summed E-state index contributed by atoms with van der Waals surface area (Å²) in [6.45, 7) is 3.70. The molecule has 0 saturated carbocycles. The van der Waals surface area contributed by atoms with Crippen LogP contribution in [0.3, 0.4) is 0 Å². The first kappa shape index (κ1) is 11.1. The monoisotopic (exact) mass is 215 g/mol. The SMILES string of the molecule is CC(C)(CO)Nc1ncc(Cl)cc1N. The average Bonchev–Trinajstić information content (AvgIpc) is 2.10. The molecule has 0 saturated heterocycles. The molecule has 0 aliphatic rings. The Hall–Kier alpha value is -1.00. The number of halogens is 1. The van der Waals surface area contributed by atoms with Gasteiger partial charge in [0, 0.05) is 6.20 Å². The van der Waals surface area contributed by atoms with Gasteiger partial charge in [-0.1, -0.05) is 11.6 Å². The van der Waals surface area contributed by atoms with Crippen molar-refractivity contribution in [2.45, 2.75) is 19.4 Å². The van der Waals surface area contributed by atoms with Crippen molar-refractivity contribution < 1.29 is 5.11 Å². The standard InChI is InChI=1S/C9H14ClN3O/c1-9(2,5-14)13-8-7(11)3-6(10)4-12-8/h3-4,14H,5,11H2,1-2H3,(H,12,13). The highest BCUT2D eigenvalue weighted by Crippen LogP contribution is 2.22. The molecule has 0 amide bonds. The van der Waals surface area contributed by atoms with Gasteiger partial charge in [-0.05, 0) is 19.9 Å². The number of rotatable bonds is 3. The van der Waals surface area contributed by atoms with Crippen molar-refractivity contribution in [3.63, 3.8) is 0 Å². The van der Waals surface area contributed by atoms with Crippen LogP contribution >= 0.6 is 11.6 Å². The van der Waals surface area contributed by atoms with Crippen LogP contribution in [0.15, 0.2) is 12.3 Å². The molecule has 14 heavy (non-hydrogen) atoms. The third-order valence-electron chi connectivity index (χ3n) is 1.74. The number of anilines is 2. The minimum Gasteiger partial charge on any atom is -0.396 e. The number of aliphatic hydroxyl groups is 1. The largest absolute Gasteiger partial charge is 0.396 e. The van der Waals surface area contributed by atoms with E-state index in [1.807, 2.05) is 13.8 Å². The predicted octanol–water partition coefficient (Wildman–Crippen LogP) is 1.50. The molecule has 1 rings (SSSR count). The fourth-order valence-electron chi connectivity index (χ4n) is 0.919. The van der Waals surface area contributed by atoms with E-state index in [1.54, 1.807) is 6.07 Å². The lowest BCUT2D eigenvalue weighted by molar-refractivity contribution is 0.234. The van der Waals surface area contributed by atoms with E-state index in [2.05, 4.69) is 10.3 Å². The van der Waals surface area contributed by atoms with Crippen LogP contribution in [0.4, 0.5) is 11.5 Å². The third kappa shape index (κ3) is 2.75. The van der Waals surface area contributed by atoms with Crippen LogP contribution in [-0.4, -0.2) is 22.2 Å². The van der Waals surface area contributed by atoms with Crippen molar-refractivity contribution in [3.8, 4) is 0 Å². The Balaban J connectivity index is 2.87. The van der Waals surface area contributed by atoms with Gasteiger partial charge in [-0.25, -0.2) is 4.98 Å². The first-order valence-corrected chi connectivity index (χ1v) is 4.62. The van der Waals surface area contributed by atoms with Crippen LogP contribution in [-0.2, 0) is 0 Å². The normalized spacial score (nSPS) is 11.4. The zero-order valence-electron chi connectivity index (χ0n) is 8.21. The van der Waals surface area contributed by atoms with Crippen LogP contribution in [0.2, 0.25) is 5.02 Å². The van der Waals surface area contributed by atoms with Gasteiger partial charge in [0.1, 0.15) is 5.82 Å². The third-order valence-corrected chi connectivity index (χ3v) is 1.94. The first-order valence-electron chi connectivity index (χ1n) is 4.25. The molecule has 0 spiro atoms. The van der Waals surface area contributed by atoms with E-state index in [9.17, 15) is 0 Å². The Labute approximate surface area is 88.1 Å². The molecular formula is C9H14ClN3O. The number of pyridine rings is 1. The predicted molar refractivity (Wildman–Crippen MR) is 58.4 cm³/mol. The minimum absolute atomic E-state index is 0.00323. The summed E-state index contributed by atoms with van der Waals surface area (Å²) in [6.07, 6.45) is 1.51. The van der Waals surface area contributed by atoms with Crippen molar-refractivity contribution >= 4 is 23.1 Å². The van der Waals surface area contributed by atoms with Gasteiger partial charge in [-0.2, -0.15) is 0 Å². The van der Waals surface area contributed by atoms with Gasteiger partial charge in [0.2, 0.25) is 0 Å². The summed E-state index contributed by atoms with van der Waals surface area (Å²) in [6, 6.07) is 1.62. The second kappa shape index (κ2) is 4.02. The maximum atomic E-state index is 9.04. The lowest BCUT2D eigenvalue weighted by Gasteiger charge is -2.24. The summed E-state index contributed by atoms with van der Waals surface area (Å²) in [4.78, 5) is 4.03. The molecule has 0 aromatic carbocycles. The first-order chi connectivity index (χ1) is 6.44. The molecule has 1 heterocycles. The summed E-state index contributed by atoms with van der Waals surface area (Å²) < 4.78 is 0. The second-order valence-electron chi connectivity index (χ2n) is 3.76. The topological polar surface area (TPSA) is 71.2 Å². The van der Waals surface area contributed by atoms with E-state index in [4.69, 9.17) is 22.4 Å². The highest BCUT2D eigenvalue weighted by molar-refractivity contribution is 6.30. The highest BCUT2D eigenvalue weighted by atomic mass is 35.5. The number of nitrogens with zero attached hydrogens (tertiary/aromatic N) is 1. The number of hydrogen-bond donors (Lipinski definition) is 3. The number of nitrogens with two attached hydrogens (primary N) is 1. The Bertz CT molecular complexity index is 328. The van der Waals surface area contributed by atoms with Crippen LogP contribution < -0.4 is 11.1 Å². The maximum absolute atomic E-state index is 9.04. The molecule has 0 aliphatic heterocycles. The molecule has 0 radical (unpaired) electrons. The van der Waals surface area contributed by atoms with Crippen LogP contribution in [0.5, 0.6) is 0 Å². The van der Waals surface area contributed by atoms with Gasteiger partial charge < -0.3 is 16.2 Å². The quantitative estimate of drug-likeness (QED) is 0.715. The van der Waals surface area contributed by atoms with E-state index >= 15 is 0 Å². The van der Waals surface area contributed by atoms with E-state index in [0.29, 0.717) is 16.5 Å². The van der Waals surface area contributed by atoms with Gasteiger partial charge in [0.15, 0.2) is 0 Å². The number of hydrogen-bond acceptors (Lipinski definition) is 4. The zero-order valence-corrected chi connectivity index (χ0v) is 8.97. The molecule has 1 aromatic rings. The van der Waals surface area contributed by atoms with Crippen LogP contribution in [0.1, 0.15) is 13.8 Å². The Kier molecular flexibility index (Phi) is 3.18. The molecule has 4 nitrogen and oxygen atoms in total. The molecular weight excluding hydrogens is 202 g/mol. The molecule has 1 aromatic heterocycles. The highest BCUT2D eigenvalue weighted by Gasteiger charge is 2.17. The summed E-state index contributed by atoms with van der Waals surface area (Å²) in [5.41, 5.74) is 5.71. The van der Waals surface area contributed by atoms with Gasteiger partial charge in [-0.3, -0.25) is 0 Å². The molecule has 0 aliphatic carbocycles. The summed E-state index contributed by atoms with van der Waals surface area (Å²) in [5.74, 6) is 0.536. The molecule has 4 N–H and O–H groups in total. The van der Waals surface area contributed by atoms with E-state index in [0.717, 1.165) is 0 Å². The van der Waals surface area contributed by atoms with Crippen molar-refractivity contribution in [1.82, 2.24) is 4.98 Å². The molecule has 5 heteroatoms. The summed E-state index contributed by atoms with van der Waals surface area (Å²) in [7, 11) is 0. The zero-order chi connectivity index (χ0) is 10.8. The van der Waals surface area contributed by atoms with E-state index < -0.39 is 5.54 Å². The summed E-state index contributed by atoms with van der Waals surface area (Å²) in [5, 5.41) is 12.6. The maximum Gasteiger partial charge on any atom is 0.149 e. The fourth-order valence-corrected chi connectivity index (χ4v) is 1.09. The summed E-state index contributed by atoms with van der Waals surface area (Å²) >= 11 is 5.70.